The van der Waals surface area contributed by atoms with Crippen molar-refractivity contribution in [1.29, 1.82) is 0 Å². The number of nitrogens with zero attached hydrogens (tertiary/aromatic N) is 1. The van der Waals surface area contributed by atoms with Crippen LogP contribution in [0.2, 0.25) is 0 Å². The zero-order valence-electron chi connectivity index (χ0n) is 9.32. The first-order valence-corrected chi connectivity index (χ1v) is 5.92. The van der Waals surface area contributed by atoms with Crippen molar-refractivity contribution in [1.82, 2.24) is 10.2 Å². The molecule has 16 heavy (non-hydrogen) atoms. The largest absolute Gasteiger partial charge is 0.481 e. The minimum atomic E-state index is -0.792. The second kappa shape index (κ2) is 4.72. The van der Waals surface area contributed by atoms with E-state index in [1.165, 1.54) is 12.8 Å². The van der Waals surface area contributed by atoms with E-state index in [-0.39, 0.29) is 11.9 Å². The van der Waals surface area contributed by atoms with Crippen LogP contribution < -0.4 is 5.32 Å². The fourth-order valence-electron chi connectivity index (χ4n) is 2.03. The summed E-state index contributed by atoms with van der Waals surface area (Å²) in [6.07, 6.45) is 3.88. The van der Waals surface area contributed by atoms with Crippen LogP contribution in [-0.2, 0) is 4.79 Å². The molecule has 1 saturated heterocycles. The molecule has 0 radical (unpaired) electrons. The Hall–Kier alpha value is -1.26. The first kappa shape index (κ1) is 11.2. The summed E-state index contributed by atoms with van der Waals surface area (Å²) in [6, 6.07) is -0.0992. The maximum Gasteiger partial charge on any atom is 0.317 e. The van der Waals surface area contributed by atoms with Gasteiger partial charge < -0.3 is 15.3 Å². The van der Waals surface area contributed by atoms with Crippen molar-refractivity contribution in [3.8, 4) is 0 Å². The molecule has 5 heteroatoms. The molecule has 0 unspecified atom stereocenters. The topological polar surface area (TPSA) is 69.6 Å². The Morgan fingerprint density at radius 1 is 1.31 bits per heavy atom. The van der Waals surface area contributed by atoms with E-state index in [1.54, 1.807) is 4.90 Å². The van der Waals surface area contributed by atoms with Gasteiger partial charge in [0.2, 0.25) is 0 Å². The fraction of sp³-hybridized carbons (Fsp3) is 0.818. The molecule has 0 aromatic rings. The zero-order chi connectivity index (χ0) is 11.5. The summed E-state index contributed by atoms with van der Waals surface area (Å²) in [5.41, 5.74) is 0. The number of hydrogen-bond acceptors (Lipinski definition) is 2. The van der Waals surface area contributed by atoms with E-state index in [2.05, 4.69) is 5.32 Å². The molecule has 1 aliphatic heterocycles. The van der Waals surface area contributed by atoms with Gasteiger partial charge in [0.15, 0.2) is 0 Å². The minimum Gasteiger partial charge on any atom is -0.481 e. The Morgan fingerprint density at radius 3 is 2.69 bits per heavy atom. The molecule has 2 aliphatic rings. The number of nitrogens with one attached hydrogen (secondary N) is 1. The monoisotopic (exact) mass is 226 g/mol. The standard InChI is InChI=1S/C11H18N2O3/c14-10(15)9-2-1-5-13(7-9)11(16)12-6-8-3-4-8/h8-9H,1-7H2,(H,12,16)(H,14,15)/t9-/m0/s1. The van der Waals surface area contributed by atoms with Gasteiger partial charge in [-0.1, -0.05) is 0 Å². The first-order valence-electron chi connectivity index (χ1n) is 5.92. The van der Waals surface area contributed by atoms with E-state index < -0.39 is 5.97 Å². The first-order chi connectivity index (χ1) is 7.66. The molecule has 1 atom stereocenters. The fourth-order valence-corrected chi connectivity index (χ4v) is 2.03. The number of hydrogen-bond donors (Lipinski definition) is 2. The molecule has 2 N–H and O–H groups in total. The Bertz CT molecular complexity index is 289. The lowest BCUT2D eigenvalue weighted by Crippen LogP contribution is -2.47. The summed E-state index contributed by atoms with van der Waals surface area (Å²) >= 11 is 0. The van der Waals surface area contributed by atoms with Crippen molar-refractivity contribution >= 4 is 12.0 Å². The van der Waals surface area contributed by atoms with Crippen molar-refractivity contribution in [3.05, 3.63) is 0 Å². The summed E-state index contributed by atoms with van der Waals surface area (Å²) in [5, 5.41) is 11.8. The number of carbonyl (C=O) groups is 2. The maximum absolute atomic E-state index is 11.7. The highest BCUT2D eigenvalue weighted by atomic mass is 16.4. The van der Waals surface area contributed by atoms with Crippen molar-refractivity contribution in [2.24, 2.45) is 11.8 Å². The molecule has 2 fully saturated rings. The van der Waals surface area contributed by atoms with Gasteiger partial charge in [-0.05, 0) is 31.6 Å². The van der Waals surface area contributed by atoms with Crippen LogP contribution >= 0.6 is 0 Å². The van der Waals surface area contributed by atoms with E-state index in [9.17, 15) is 9.59 Å². The lowest BCUT2D eigenvalue weighted by atomic mass is 9.99. The summed E-state index contributed by atoms with van der Waals surface area (Å²) in [6.45, 7) is 1.78. The number of carboxylic acid groups (broad SMARTS) is 1. The maximum atomic E-state index is 11.7. The Balaban J connectivity index is 1.78. The number of carbonyl (C=O) groups excluding carboxylic acids is 1. The summed E-state index contributed by atoms with van der Waals surface area (Å²) in [5.74, 6) is -0.524. The normalized spacial score (nSPS) is 25.2. The molecule has 0 spiro atoms. The Labute approximate surface area is 94.8 Å². The van der Waals surface area contributed by atoms with Crippen LogP contribution in [0.3, 0.4) is 0 Å². The molecule has 2 amide bonds. The van der Waals surface area contributed by atoms with Crippen molar-refractivity contribution in [2.45, 2.75) is 25.7 Å². The average molecular weight is 226 g/mol. The van der Waals surface area contributed by atoms with Gasteiger partial charge in [0.25, 0.3) is 0 Å². The molecule has 1 heterocycles. The molecular weight excluding hydrogens is 208 g/mol. The van der Waals surface area contributed by atoms with Crippen LogP contribution in [0.25, 0.3) is 0 Å². The van der Waals surface area contributed by atoms with Gasteiger partial charge in [0.05, 0.1) is 5.92 Å². The van der Waals surface area contributed by atoms with Crippen molar-refractivity contribution < 1.29 is 14.7 Å². The van der Waals surface area contributed by atoms with Crippen LogP contribution in [-0.4, -0.2) is 41.6 Å². The second-order valence-corrected chi connectivity index (χ2v) is 4.75. The molecule has 90 valence electrons. The number of amides is 2. The predicted molar refractivity (Wildman–Crippen MR) is 58.1 cm³/mol. The van der Waals surface area contributed by atoms with Crippen LogP contribution in [0.1, 0.15) is 25.7 Å². The Morgan fingerprint density at radius 2 is 2.06 bits per heavy atom. The average Bonchev–Trinajstić information content (AvgIpc) is 3.10. The summed E-state index contributed by atoms with van der Waals surface area (Å²) < 4.78 is 0. The number of urea groups is 1. The van der Waals surface area contributed by atoms with E-state index in [0.29, 0.717) is 25.4 Å². The minimum absolute atomic E-state index is 0.0992. The van der Waals surface area contributed by atoms with Gasteiger partial charge >= 0.3 is 12.0 Å². The summed E-state index contributed by atoms with van der Waals surface area (Å²) in [4.78, 5) is 24.2. The third-order valence-corrected chi connectivity index (χ3v) is 3.30. The van der Waals surface area contributed by atoms with Gasteiger partial charge in [-0.2, -0.15) is 0 Å². The van der Waals surface area contributed by atoms with E-state index in [1.807, 2.05) is 0 Å². The smallest absolute Gasteiger partial charge is 0.317 e. The number of likely N-dealkylation sites (tertiary alicyclic amines) is 1. The van der Waals surface area contributed by atoms with Gasteiger partial charge in [0, 0.05) is 19.6 Å². The highest BCUT2D eigenvalue weighted by Crippen LogP contribution is 2.27. The molecule has 2 rings (SSSR count). The van der Waals surface area contributed by atoms with Crippen LogP contribution in [0, 0.1) is 11.8 Å². The molecule has 0 bridgehead atoms. The quantitative estimate of drug-likeness (QED) is 0.751. The number of rotatable bonds is 3. The summed E-state index contributed by atoms with van der Waals surface area (Å²) in [7, 11) is 0. The molecule has 0 aromatic heterocycles. The third kappa shape index (κ3) is 2.87. The van der Waals surface area contributed by atoms with Crippen LogP contribution in [0.15, 0.2) is 0 Å². The molecule has 1 aliphatic carbocycles. The van der Waals surface area contributed by atoms with Crippen molar-refractivity contribution in [2.75, 3.05) is 19.6 Å². The van der Waals surface area contributed by atoms with E-state index >= 15 is 0 Å². The van der Waals surface area contributed by atoms with Gasteiger partial charge in [-0.25, -0.2) is 4.79 Å². The SMILES string of the molecule is O=C(O)[C@H]1CCCN(C(=O)NCC2CC2)C1. The van der Waals surface area contributed by atoms with Crippen LogP contribution in [0.4, 0.5) is 4.79 Å². The van der Waals surface area contributed by atoms with Gasteiger partial charge in [0.1, 0.15) is 0 Å². The molecule has 0 aromatic carbocycles. The van der Waals surface area contributed by atoms with Gasteiger partial charge in [-0.15, -0.1) is 0 Å². The van der Waals surface area contributed by atoms with Crippen LogP contribution in [0.5, 0.6) is 0 Å². The predicted octanol–water partition coefficient (Wildman–Crippen LogP) is 0.903. The number of piperidine rings is 1. The molecular formula is C11H18N2O3. The zero-order valence-corrected chi connectivity index (χ0v) is 9.32. The second-order valence-electron chi connectivity index (χ2n) is 4.75. The van der Waals surface area contributed by atoms with Gasteiger partial charge in [-0.3, -0.25) is 4.79 Å². The van der Waals surface area contributed by atoms with Crippen molar-refractivity contribution in [3.63, 3.8) is 0 Å². The molecule has 1 saturated carbocycles. The van der Waals surface area contributed by atoms with E-state index in [0.717, 1.165) is 13.0 Å². The Kier molecular flexibility index (Phi) is 3.31. The molecule has 5 nitrogen and oxygen atoms in total. The third-order valence-electron chi connectivity index (χ3n) is 3.30. The number of aliphatic carboxylic acids is 1. The lowest BCUT2D eigenvalue weighted by Gasteiger charge is -2.30. The highest BCUT2D eigenvalue weighted by Gasteiger charge is 2.29. The number of carboxylic acids is 1. The van der Waals surface area contributed by atoms with E-state index in [4.69, 9.17) is 5.11 Å². The highest BCUT2D eigenvalue weighted by molar-refractivity contribution is 5.76. The lowest BCUT2D eigenvalue weighted by molar-refractivity contribution is -0.143.